The molecule has 250 valence electrons. The molecule has 0 aliphatic heterocycles. The normalized spacial score (nSPS) is 12.8. The smallest absolute Gasteiger partial charge is 0.359 e. The lowest BCUT2D eigenvalue weighted by atomic mass is 9.99. The van der Waals surface area contributed by atoms with E-state index in [1.54, 1.807) is 48.2 Å². The first-order valence-electron chi connectivity index (χ1n) is 15.1. The number of carbonyl (C=O) groups is 2. The van der Waals surface area contributed by atoms with Gasteiger partial charge in [0.1, 0.15) is 11.6 Å². The minimum atomic E-state index is -3.95. The van der Waals surface area contributed by atoms with Gasteiger partial charge in [-0.2, -0.15) is 8.42 Å². The Labute approximate surface area is 269 Å². The van der Waals surface area contributed by atoms with E-state index >= 15 is 0 Å². The van der Waals surface area contributed by atoms with Gasteiger partial charge in [0.2, 0.25) is 0 Å². The number of aliphatic hydroxyl groups excluding tert-OH is 1. The molecular weight excluding hydrogens is 618 g/mol. The summed E-state index contributed by atoms with van der Waals surface area (Å²) in [5, 5.41) is 17.0. The summed E-state index contributed by atoms with van der Waals surface area (Å²) in [6.07, 6.45) is 0.283. The number of nitrogens with zero attached hydrogens (tertiary/aromatic N) is 1. The molecule has 2 atom stereocenters. The Balaban J connectivity index is 1.79. The van der Waals surface area contributed by atoms with Gasteiger partial charge >= 0.3 is 10.3 Å². The predicted molar refractivity (Wildman–Crippen MR) is 173 cm³/mol. The van der Waals surface area contributed by atoms with Gasteiger partial charge < -0.3 is 20.6 Å². The average Bonchev–Trinajstić information content (AvgIpc) is 2.99. The molecule has 2 amide bonds. The molecule has 0 radical (unpaired) electrons. The summed E-state index contributed by atoms with van der Waals surface area (Å²) in [5.74, 6) is -2.32. The van der Waals surface area contributed by atoms with Crippen molar-refractivity contribution in [2.24, 2.45) is 0 Å². The van der Waals surface area contributed by atoms with Gasteiger partial charge in [-0.3, -0.25) is 18.5 Å². The molecule has 3 rings (SSSR count). The minimum absolute atomic E-state index is 0.0304. The maximum absolute atomic E-state index is 14.0. The van der Waals surface area contributed by atoms with Gasteiger partial charge in [-0.25, -0.2) is 8.78 Å². The van der Waals surface area contributed by atoms with Crippen LogP contribution in [0.4, 0.5) is 14.5 Å². The fourth-order valence-electron chi connectivity index (χ4n) is 5.03. The quantitative estimate of drug-likeness (QED) is 0.169. The molecule has 0 fully saturated rings. The molecule has 46 heavy (non-hydrogen) atoms. The van der Waals surface area contributed by atoms with Crippen molar-refractivity contribution < 1.29 is 36.1 Å². The third-order valence-electron chi connectivity index (χ3n) is 7.09. The first-order chi connectivity index (χ1) is 21.8. The SMILES string of the molecule is CCCN(CCC)C(=O)c1cc(C)cc(C(=O)N[C@@H](Cc2cc(F)cc(F)c2)[C@H](O)CNCc2cccc(NS(=O)(=O)OC)c2)c1. The van der Waals surface area contributed by atoms with Crippen LogP contribution in [0.2, 0.25) is 0 Å². The van der Waals surface area contributed by atoms with Crippen LogP contribution in [0.3, 0.4) is 0 Å². The minimum Gasteiger partial charge on any atom is -0.390 e. The van der Waals surface area contributed by atoms with Crippen molar-refractivity contribution in [3.05, 3.63) is 100 Å². The highest BCUT2D eigenvalue weighted by atomic mass is 32.2. The second-order valence-corrected chi connectivity index (χ2v) is 12.5. The van der Waals surface area contributed by atoms with Crippen LogP contribution in [-0.4, -0.2) is 69.1 Å². The van der Waals surface area contributed by atoms with Crippen molar-refractivity contribution in [1.29, 1.82) is 0 Å². The number of carbonyl (C=O) groups excluding carboxylic acids is 2. The van der Waals surface area contributed by atoms with Gasteiger partial charge in [0.25, 0.3) is 11.8 Å². The fraction of sp³-hybridized carbons (Fsp3) is 0.394. The summed E-state index contributed by atoms with van der Waals surface area (Å²) in [6.45, 7) is 7.11. The van der Waals surface area contributed by atoms with Crippen molar-refractivity contribution in [3.63, 3.8) is 0 Å². The molecule has 0 spiro atoms. The average molecular weight is 661 g/mol. The Bertz CT molecular complexity index is 1580. The third kappa shape index (κ3) is 11.2. The molecular formula is C33H42F2N4O6S. The van der Waals surface area contributed by atoms with Crippen molar-refractivity contribution in [3.8, 4) is 0 Å². The van der Waals surface area contributed by atoms with Crippen molar-refractivity contribution in [1.82, 2.24) is 15.5 Å². The van der Waals surface area contributed by atoms with E-state index < -0.39 is 40.0 Å². The number of hydrogen-bond donors (Lipinski definition) is 4. The summed E-state index contributed by atoms with van der Waals surface area (Å²) in [6, 6.07) is 13.4. The predicted octanol–water partition coefficient (Wildman–Crippen LogP) is 4.33. The zero-order valence-electron chi connectivity index (χ0n) is 26.5. The Kier molecular flexibility index (Phi) is 13.6. The lowest BCUT2D eigenvalue weighted by molar-refractivity contribution is 0.0755. The van der Waals surface area contributed by atoms with E-state index in [4.69, 9.17) is 0 Å². The zero-order chi connectivity index (χ0) is 33.9. The van der Waals surface area contributed by atoms with Crippen molar-refractivity contribution in [2.45, 2.75) is 58.7 Å². The summed E-state index contributed by atoms with van der Waals surface area (Å²) in [7, 11) is -2.91. The van der Waals surface area contributed by atoms with Gasteiger partial charge in [-0.1, -0.05) is 26.0 Å². The maximum Gasteiger partial charge on any atom is 0.359 e. The molecule has 0 aliphatic carbocycles. The van der Waals surface area contributed by atoms with Crippen molar-refractivity contribution >= 4 is 27.8 Å². The number of aryl methyl sites for hydroxylation is 1. The Morgan fingerprint density at radius 1 is 0.935 bits per heavy atom. The highest BCUT2D eigenvalue weighted by molar-refractivity contribution is 7.88. The van der Waals surface area contributed by atoms with E-state index in [0.29, 0.717) is 29.8 Å². The van der Waals surface area contributed by atoms with E-state index in [1.807, 2.05) is 13.8 Å². The van der Waals surface area contributed by atoms with Crippen LogP contribution in [0.5, 0.6) is 0 Å². The molecule has 0 heterocycles. The first-order valence-corrected chi connectivity index (χ1v) is 16.5. The number of anilines is 1. The van der Waals surface area contributed by atoms with Gasteiger partial charge in [0.15, 0.2) is 0 Å². The number of rotatable bonds is 17. The molecule has 4 N–H and O–H groups in total. The lowest BCUT2D eigenvalue weighted by Crippen LogP contribution is -2.48. The van der Waals surface area contributed by atoms with E-state index in [0.717, 1.165) is 38.2 Å². The topological polar surface area (TPSA) is 137 Å². The van der Waals surface area contributed by atoms with Crippen LogP contribution in [0.15, 0.2) is 60.7 Å². The van der Waals surface area contributed by atoms with E-state index in [1.165, 1.54) is 6.07 Å². The van der Waals surface area contributed by atoms with Gasteiger partial charge in [0, 0.05) is 43.4 Å². The monoisotopic (exact) mass is 660 g/mol. The van der Waals surface area contributed by atoms with Gasteiger partial charge in [-0.05, 0) is 85.3 Å². The standard InChI is InChI=1S/C33H42F2N4O6S/c1-5-10-39(11-6-2)33(42)26-13-22(3)12-25(18-26)32(41)37-30(17-24-14-27(34)19-28(35)15-24)31(40)21-36-20-23-8-7-9-29(16-23)38-46(43,44)45-4/h7-9,12-16,18-19,30-31,36,38,40H,5-6,10-11,17,20-21H2,1-4H3,(H,37,41)/t30-,31+/m0/s1. The van der Waals surface area contributed by atoms with Crippen molar-refractivity contribution in [2.75, 3.05) is 31.5 Å². The van der Waals surface area contributed by atoms with Crippen LogP contribution < -0.4 is 15.4 Å². The number of nitrogens with one attached hydrogen (secondary N) is 3. The largest absolute Gasteiger partial charge is 0.390 e. The van der Waals surface area contributed by atoms with Crippen LogP contribution in [0.25, 0.3) is 0 Å². The van der Waals surface area contributed by atoms with Gasteiger partial charge in [-0.15, -0.1) is 0 Å². The van der Waals surface area contributed by atoms with E-state index in [2.05, 4.69) is 19.5 Å². The van der Waals surface area contributed by atoms with Crippen LogP contribution in [0, 0.1) is 18.6 Å². The molecule has 3 aromatic rings. The van der Waals surface area contributed by atoms with Gasteiger partial charge in [0.05, 0.1) is 24.9 Å². The lowest BCUT2D eigenvalue weighted by Gasteiger charge is -2.25. The number of hydrogen-bond acceptors (Lipinski definition) is 7. The van der Waals surface area contributed by atoms with Crippen LogP contribution in [0.1, 0.15) is 64.1 Å². The Morgan fingerprint density at radius 3 is 2.22 bits per heavy atom. The summed E-state index contributed by atoms with van der Waals surface area (Å²) in [4.78, 5) is 28.5. The second-order valence-electron chi connectivity index (χ2n) is 11.1. The molecule has 0 aliphatic rings. The Hall–Kier alpha value is -3.91. The molecule has 10 nitrogen and oxygen atoms in total. The molecule has 0 saturated carbocycles. The molecule has 13 heteroatoms. The highest BCUT2D eigenvalue weighted by Gasteiger charge is 2.24. The molecule has 0 unspecified atom stereocenters. The summed E-state index contributed by atoms with van der Waals surface area (Å²) >= 11 is 0. The number of halogens is 2. The zero-order valence-corrected chi connectivity index (χ0v) is 27.3. The number of aliphatic hydroxyl groups is 1. The first kappa shape index (κ1) is 36.6. The summed E-state index contributed by atoms with van der Waals surface area (Å²) < 4.78 is 58.1. The van der Waals surface area contributed by atoms with Crippen LogP contribution >= 0.6 is 0 Å². The molecule has 0 saturated heterocycles. The molecule has 3 aromatic carbocycles. The van der Waals surface area contributed by atoms with E-state index in [9.17, 15) is 31.9 Å². The molecule has 0 aromatic heterocycles. The van der Waals surface area contributed by atoms with Crippen LogP contribution in [-0.2, 0) is 27.5 Å². The highest BCUT2D eigenvalue weighted by Crippen LogP contribution is 2.17. The second kappa shape index (κ2) is 17.1. The fourth-order valence-corrected chi connectivity index (χ4v) is 5.53. The summed E-state index contributed by atoms with van der Waals surface area (Å²) in [5.41, 5.74) is 2.48. The molecule has 0 bridgehead atoms. The number of benzene rings is 3. The third-order valence-corrected chi connectivity index (χ3v) is 8.02. The Morgan fingerprint density at radius 2 is 1.59 bits per heavy atom. The maximum atomic E-state index is 14.0. The van der Waals surface area contributed by atoms with E-state index in [-0.39, 0.29) is 42.2 Å². The number of amides is 2.